The van der Waals surface area contributed by atoms with Crippen LogP contribution in [0.2, 0.25) is 0 Å². The number of rotatable bonds is 10. The molecule has 31 heavy (non-hydrogen) atoms. The molecule has 1 aromatic carbocycles. The number of unbranched alkanes of at least 4 members (excludes halogenated alkanes) is 1. The number of piperazine rings is 1. The normalized spacial score (nSPS) is 18.7. The highest BCUT2D eigenvalue weighted by Crippen LogP contribution is 2.13. The van der Waals surface area contributed by atoms with Gasteiger partial charge in [-0.3, -0.25) is 4.90 Å². The molecule has 2 heterocycles. The lowest BCUT2D eigenvalue weighted by Crippen LogP contribution is -2.44. The lowest BCUT2D eigenvalue weighted by Gasteiger charge is -2.32. The van der Waals surface area contributed by atoms with E-state index in [4.69, 9.17) is 4.99 Å². The molecule has 0 saturated carbocycles. The maximum atomic E-state index is 4.78. The monoisotopic (exact) mass is 542 g/mol. The first-order chi connectivity index (χ1) is 14.7. The van der Waals surface area contributed by atoms with Gasteiger partial charge in [-0.2, -0.15) is 0 Å². The maximum Gasteiger partial charge on any atom is 0.191 e. The molecule has 0 spiro atoms. The van der Waals surface area contributed by atoms with Crippen LogP contribution in [0.1, 0.15) is 43.7 Å². The molecule has 1 aromatic rings. The van der Waals surface area contributed by atoms with Gasteiger partial charge in [-0.1, -0.05) is 24.3 Å². The second-order valence-electron chi connectivity index (χ2n) is 8.77. The van der Waals surface area contributed by atoms with Crippen molar-refractivity contribution >= 4 is 29.9 Å². The molecule has 2 aliphatic heterocycles. The molecular weight excluding hydrogens is 499 g/mol. The second-order valence-corrected chi connectivity index (χ2v) is 8.77. The number of benzene rings is 1. The average molecular weight is 543 g/mol. The fraction of sp³-hybridized carbons (Fsp3) is 0.708. The van der Waals surface area contributed by atoms with Gasteiger partial charge >= 0.3 is 0 Å². The van der Waals surface area contributed by atoms with E-state index in [1.165, 1.54) is 82.6 Å². The molecule has 3 rings (SSSR count). The van der Waals surface area contributed by atoms with Gasteiger partial charge in [0.15, 0.2) is 5.96 Å². The summed E-state index contributed by atoms with van der Waals surface area (Å²) < 4.78 is 0. The van der Waals surface area contributed by atoms with Gasteiger partial charge in [-0.15, -0.1) is 24.0 Å². The minimum atomic E-state index is 0. The molecule has 2 fully saturated rings. The average Bonchev–Trinajstić information content (AvgIpc) is 3.27. The third-order valence-electron chi connectivity index (χ3n) is 6.18. The molecule has 2 aliphatic rings. The topological polar surface area (TPSA) is 46.1 Å². The summed E-state index contributed by atoms with van der Waals surface area (Å²) in [6, 6.07) is 8.99. The Balaban J connectivity index is 0.00000341. The highest BCUT2D eigenvalue weighted by atomic mass is 127. The van der Waals surface area contributed by atoms with Gasteiger partial charge in [-0.25, -0.2) is 4.99 Å². The molecule has 0 atom stereocenters. The molecule has 2 saturated heterocycles. The zero-order valence-corrected chi connectivity index (χ0v) is 21.9. The SMILES string of the molecule is CCNC(=NCc1ccc(CN2CCCC2)cc1)NCCCCN1CCN(C)CC1.I. The first kappa shape index (κ1) is 26.4. The summed E-state index contributed by atoms with van der Waals surface area (Å²) in [7, 11) is 2.21. The van der Waals surface area contributed by atoms with Crippen LogP contribution in [0.25, 0.3) is 0 Å². The van der Waals surface area contributed by atoms with E-state index in [2.05, 4.69) is 63.6 Å². The van der Waals surface area contributed by atoms with Gasteiger partial charge in [0.05, 0.1) is 6.54 Å². The van der Waals surface area contributed by atoms with E-state index in [-0.39, 0.29) is 24.0 Å². The number of guanidine groups is 1. The Hall–Kier alpha value is -0.900. The summed E-state index contributed by atoms with van der Waals surface area (Å²) in [5, 5.41) is 6.87. The van der Waals surface area contributed by atoms with Crippen LogP contribution in [0.15, 0.2) is 29.3 Å². The summed E-state index contributed by atoms with van der Waals surface area (Å²) in [4.78, 5) is 12.3. The zero-order valence-electron chi connectivity index (χ0n) is 19.6. The van der Waals surface area contributed by atoms with Crippen LogP contribution in [-0.4, -0.2) is 86.6 Å². The van der Waals surface area contributed by atoms with Gasteiger partial charge in [0.25, 0.3) is 0 Å². The van der Waals surface area contributed by atoms with Gasteiger partial charge in [0.2, 0.25) is 0 Å². The largest absolute Gasteiger partial charge is 0.357 e. The van der Waals surface area contributed by atoms with Crippen molar-refractivity contribution in [3.63, 3.8) is 0 Å². The third kappa shape index (κ3) is 10.1. The van der Waals surface area contributed by atoms with Gasteiger partial charge in [0.1, 0.15) is 0 Å². The van der Waals surface area contributed by atoms with Crippen LogP contribution < -0.4 is 10.6 Å². The quantitative estimate of drug-likeness (QED) is 0.206. The van der Waals surface area contributed by atoms with E-state index in [0.717, 1.165) is 32.1 Å². The van der Waals surface area contributed by atoms with E-state index in [9.17, 15) is 0 Å². The summed E-state index contributed by atoms with van der Waals surface area (Å²) in [6.07, 6.45) is 5.13. The molecule has 0 aromatic heterocycles. The Morgan fingerprint density at radius 1 is 0.871 bits per heavy atom. The van der Waals surface area contributed by atoms with Gasteiger partial charge in [0, 0.05) is 45.8 Å². The molecule has 7 heteroatoms. The van der Waals surface area contributed by atoms with Crippen LogP contribution in [0.5, 0.6) is 0 Å². The standard InChI is InChI=1S/C24H42N6.HI/c1-3-25-24(26-12-4-5-13-29-18-16-28(2)17-19-29)27-20-22-8-10-23(11-9-22)21-30-14-6-7-15-30;/h8-11H,3-7,12-21H2,1-2H3,(H2,25,26,27);1H. The Morgan fingerprint density at radius 2 is 1.55 bits per heavy atom. The van der Waals surface area contributed by atoms with Gasteiger partial charge < -0.3 is 20.4 Å². The Labute approximate surface area is 206 Å². The minimum Gasteiger partial charge on any atom is -0.357 e. The number of likely N-dealkylation sites (N-methyl/N-ethyl adjacent to an activating group) is 1. The van der Waals surface area contributed by atoms with Crippen LogP contribution in [0, 0.1) is 0 Å². The molecule has 6 nitrogen and oxygen atoms in total. The van der Waals surface area contributed by atoms with Crippen LogP contribution in [0.4, 0.5) is 0 Å². The summed E-state index contributed by atoms with van der Waals surface area (Å²) in [5.74, 6) is 0.929. The number of hydrogen-bond donors (Lipinski definition) is 2. The highest BCUT2D eigenvalue weighted by Gasteiger charge is 2.13. The second kappa shape index (κ2) is 15.0. The zero-order chi connectivity index (χ0) is 21.0. The van der Waals surface area contributed by atoms with Crippen molar-refractivity contribution in [1.82, 2.24) is 25.3 Å². The van der Waals surface area contributed by atoms with E-state index in [1.807, 2.05) is 0 Å². The van der Waals surface area contributed by atoms with E-state index >= 15 is 0 Å². The molecule has 176 valence electrons. The maximum absolute atomic E-state index is 4.78. The molecule has 0 radical (unpaired) electrons. The van der Waals surface area contributed by atoms with Crippen LogP contribution in [0.3, 0.4) is 0 Å². The molecule has 0 amide bonds. The summed E-state index contributed by atoms with van der Waals surface area (Å²) >= 11 is 0. The Kier molecular flexibility index (Phi) is 12.8. The van der Waals surface area contributed by atoms with Crippen molar-refractivity contribution in [3.8, 4) is 0 Å². The first-order valence-corrected chi connectivity index (χ1v) is 12.0. The van der Waals surface area contributed by atoms with E-state index < -0.39 is 0 Å². The van der Waals surface area contributed by atoms with Crippen molar-refractivity contribution in [2.75, 3.05) is 66.0 Å². The van der Waals surface area contributed by atoms with E-state index in [0.29, 0.717) is 0 Å². The number of halogens is 1. The molecule has 0 unspecified atom stereocenters. The fourth-order valence-electron chi connectivity index (χ4n) is 4.20. The molecular formula is C24H43IN6. The number of aliphatic imine (C=N–C) groups is 1. The lowest BCUT2D eigenvalue weighted by atomic mass is 10.1. The van der Waals surface area contributed by atoms with Crippen LogP contribution >= 0.6 is 24.0 Å². The number of hydrogen-bond acceptors (Lipinski definition) is 4. The molecule has 0 bridgehead atoms. The van der Waals surface area contributed by atoms with Crippen molar-refractivity contribution in [3.05, 3.63) is 35.4 Å². The van der Waals surface area contributed by atoms with Crippen molar-refractivity contribution < 1.29 is 0 Å². The predicted octanol–water partition coefficient (Wildman–Crippen LogP) is 2.98. The Bertz CT molecular complexity index is 621. The molecule has 0 aliphatic carbocycles. The van der Waals surface area contributed by atoms with E-state index in [1.54, 1.807) is 0 Å². The number of likely N-dealkylation sites (tertiary alicyclic amines) is 1. The van der Waals surface area contributed by atoms with Gasteiger partial charge in [-0.05, 0) is 70.4 Å². The highest BCUT2D eigenvalue weighted by molar-refractivity contribution is 14.0. The molecule has 2 N–H and O–H groups in total. The Morgan fingerprint density at radius 3 is 2.23 bits per heavy atom. The predicted molar refractivity (Wildman–Crippen MR) is 142 cm³/mol. The smallest absolute Gasteiger partial charge is 0.191 e. The lowest BCUT2D eigenvalue weighted by molar-refractivity contribution is 0.152. The first-order valence-electron chi connectivity index (χ1n) is 12.0. The number of nitrogens with zero attached hydrogens (tertiary/aromatic N) is 4. The van der Waals surface area contributed by atoms with Crippen LogP contribution in [-0.2, 0) is 13.1 Å². The third-order valence-corrected chi connectivity index (χ3v) is 6.18. The number of nitrogens with one attached hydrogen (secondary N) is 2. The van der Waals surface area contributed by atoms with Crippen molar-refractivity contribution in [2.24, 2.45) is 4.99 Å². The van der Waals surface area contributed by atoms with Crippen molar-refractivity contribution in [1.29, 1.82) is 0 Å². The fourth-order valence-corrected chi connectivity index (χ4v) is 4.20. The summed E-state index contributed by atoms with van der Waals surface area (Å²) in [6.45, 7) is 14.3. The minimum absolute atomic E-state index is 0. The summed E-state index contributed by atoms with van der Waals surface area (Å²) in [5.41, 5.74) is 2.68. The van der Waals surface area contributed by atoms with Crippen molar-refractivity contribution in [2.45, 2.75) is 45.7 Å².